The van der Waals surface area contributed by atoms with E-state index in [1.165, 1.54) is 12.1 Å². The van der Waals surface area contributed by atoms with Gasteiger partial charge in [0.1, 0.15) is 4.90 Å². The Bertz CT molecular complexity index is 1190. The third-order valence-electron chi connectivity index (χ3n) is 3.88. The Kier molecular flexibility index (Phi) is 7.10. The van der Waals surface area contributed by atoms with E-state index >= 15 is 0 Å². The van der Waals surface area contributed by atoms with Crippen molar-refractivity contribution in [3.8, 4) is 0 Å². The van der Waals surface area contributed by atoms with Crippen molar-refractivity contribution >= 4 is 75.4 Å². The lowest BCUT2D eigenvalue weighted by Crippen LogP contribution is -2.13. The van der Waals surface area contributed by atoms with Gasteiger partial charge >= 0.3 is 0 Å². The molecule has 0 atom stereocenters. The minimum Gasteiger partial charge on any atom is -0.289 e. The zero-order valence-corrected chi connectivity index (χ0v) is 20.3. The molecule has 3 rings (SSSR count). The lowest BCUT2D eigenvalue weighted by molar-refractivity contribution is 0.104. The third kappa shape index (κ3) is 5.88. The average Bonchev–Trinajstić information content (AvgIpc) is 2.68. The fraction of sp³-hybridized carbons (Fsp3) is 0. The molecule has 0 amide bonds. The first-order valence-electron chi connectivity index (χ1n) is 8.30. The summed E-state index contributed by atoms with van der Waals surface area (Å²) in [5.74, 6) is -0.172. The summed E-state index contributed by atoms with van der Waals surface area (Å²) in [7, 11) is -3.78. The van der Waals surface area contributed by atoms with Gasteiger partial charge < -0.3 is 0 Å². The van der Waals surface area contributed by atoms with E-state index in [9.17, 15) is 13.2 Å². The van der Waals surface area contributed by atoms with Gasteiger partial charge in [0.05, 0.1) is 0 Å². The van der Waals surface area contributed by atoms with E-state index in [1.54, 1.807) is 42.5 Å². The van der Waals surface area contributed by atoms with Crippen LogP contribution in [0.15, 0.2) is 91.1 Å². The van der Waals surface area contributed by atoms with Crippen molar-refractivity contribution in [2.75, 3.05) is 4.72 Å². The Morgan fingerprint density at radius 2 is 1.55 bits per heavy atom. The molecule has 0 radical (unpaired) electrons. The van der Waals surface area contributed by atoms with Crippen molar-refractivity contribution in [1.82, 2.24) is 0 Å². The molecule has 0 aliphatic heterocycles. The normalized spacial score (nSPS) is 11.6. The molecule has 0 aliphatic carbocycles. The van der Waals surface area contributed by atoms with Crippen LogP contribution in [-0.2, 0) is 10.0 Å². The Balaban J connectivity index is 1.74. The van der Waals surface area contributed by atoms with Crippen LogP contribution in [0.2, 0.25) is 0 Å². The van der Waals surface area contributed by atoms with Crippen LogP contribution in [0.25, 0.3) is 6.08 Å². The van der Waals surface area contributed by atoms with E-state index < -0.39 is 10.0 Å². The van der Waals surface area contributed by atoms with Gasteiger partial charge in [0.2, 0.25) is 0 Å². The predicted molar refractivity (Wildman–Crippen MR) is 127 cm³/mol. The highest BCUT2D eigenvalue weighted by Crippen LogP contribution is 2.27. The van der Waals surface area contributed by atoms with Gasteiger partial charge in [0.15, 0.2) is 5.78 Å². The van der Waals surface area contributed by atoms with Crippen LogP contribution in [0.5, 0.6) is 0 Å². The molecule has 1 N–H and O–H groups in total. The summed E-state index contributed by atoms with van der Waals surface area (Å²) in [6.45, 7) is 0. The van der Waals surface area contributed by atoms with Gasteiger partial charge in [-0.25, -0.2) is 8.42 Å². The molecule has 0 saturated heterocycles. The molecule has 148 valence electrons. The quantitative estimate of drug-likeness (QED) is 0.254. The number of benzene rings is 3. The predicted octanol–water partition coefficient (Wildman–Crippen LogP) is 6.67. The molecular formula is C21H14Br3NO3S. The SMILES string of the molecule is O=C(/C=C/c1cccc(Br)c1)c1ccc(NS(=O)(=O)c2cc(Br)ccc2Br)cc1. The number of sulfonamides is 1. The highest BCUT2D eigenvalue weighted by atomic mass is 79.9. The summed E-state index contributed by atoms with van der Waals surface area (Å²) in [6.07, 6.45) is 3.22. The number of carbonyl (C=O) groups excluding carboxylic acids is 1. The van der Waals surface area contributed by atoms with E-state index in [2.05, 4.69) is 52.5 Å². The maximum absolute atomic E-state index is 12.6. The summed E-state index contributed by atoms with van der Waals surface area (Å²) >= 11 is 9.92. The standard InChI is InChI=1S/C21H14Br3NO3S/c22-16-3-1-2-14(12-16)4-11-20(26)15-5-8-18(9-6-15)25-29(27,28)21-13-17(23)7-10-19(21)24/h1-13,25H/b11-4+. The number of anilines is 1. The van der Waals surface area contributed by atoms with Crippen LogP contribution in [0.4, 0.5) is 5.69 Å². The molecule has 8 heteroatoms. The summed E-state index contributed by atoms with van der Waals surface area (Å²) < 4.78 is 29.8. The highest BCUT2D eigenvalue weighted by molar-refractivity contribution is 9.11. The van der Waals surface area contributed by atoms with Crippen molar-refractivity contribution in [3.63, 3.8) is 0 Å². The average molecular weight is 600 g/mol. The molecule has 0 bridgehead atoms. The van der Waals surface area contributed by atoms with Crippen LogP contribution >= 0.6 is 47.8 Å². The maximum Gasteiger partial charge on any atom is 0.263 e. The van der Waals surface area contributed by atoms with Crippen LogP contribution in [0, 0.1) is 0 Å². The number of rotatable bonds is 6. The number of hydrogen-bond acceptors (Lipinski definition) is 3. The fourth-order valence-corrected chi connectivity index (χ4v) is 5.45. The summed E-state index contributed by atoms with van der Waals surface area (Å²) in [5, 5.41) is 0. The number of halogens is 3. The maximum atomic E-state index is 12.6. The molecule has 3 aromatic carbocycles. The van der Waals surface area contributed by atoms with Crippen LogP contribution in [0.1, 0.15) is 15.9 Å². The van der Waals surface area contributed by atoms with Crippen LogP contribution < -0.4 is 4.72 Å². The number of nitrogens with one attached hydrogen (secondary N) is 1. The smallest absolute Gasteiger partial charge is 0.263 e. The van der Waals surface area contributed by atoms with E-state index in [1.807, 2.05) is 24.3 Å². The first-order chi connectivity index (χ1) is 13.7. The molecule has 29 heavy (non-hydrogen) atoms. The van der Waals surface area contributed by atoms with Crippen molar-refractivity contribution in [1.29, 1.82) is 0 Å². The largest absolute Gasteiger partial charge is 0.289 e. The van der Waals surface area contributed by atoms with Crippen LogP contribution in [-0.4, -0.2) is 14.2 Å². The van der Waals surface area contributed by atoms with Gasteiger partial charge in [0, 0.05) is 24.7 Å². The van der Waals surface area contributed by atoms with Gasteiger partial charge in [-0.05, 0) is 82.2 Å². The Morgan fingerprint density at radius 1 is 0.862 bits per heavy atom. The summed E-state index contributed by atoms with van der Waals surface area (Å²) in [5.41, 5.74) is 1.73. The number of carbonyl (C=O) groups is 1. The lowest BCUT2D eigenvalue weighted by atomic mass is 10.1. The zero-order valence-electron chi connectivity index (χ0n) is 14.8. The molecule has 0 fully saturated rings. The second kappa shape index (κ2) is 9.38. The topological polar surface area (TPSA) is 63.2 Å². The molecule has 0 aromatic heterocycles. The van der Waals surface area contributed by atoms with Crippen molar-refractivity contribution in [3.05, 3.63) is 97.4 Å². The van der Waals surface area contributed by atoms with Gasteiger partial charge in [-0.15, -0.1) is 0 Å². The minimum atomic E-state index is -3.78. The van der Waals surface area contributed by atoms with Crippen molar-refractivity contribution in [2.45, 2.75) is 4.90 Å². The Labute approximate surface area is 194 Å². The lowest BCUT2D eigenvalue weighted by Gasteiger charge is -2.10. The van der Waals surface area contributed by atoms with E-state index in [0.29, 0.717) is 20.2 Å². The minimum absolute atomic E-state index is 0.115. The van der Waals surface area contributed by atoms with E-state index in [0.717, 1.165) is 10.0 Å². The molecular weight excluding hydrogens is 586 g/mol. The number of allylic oxidation sites excluding steroid dienone is 1. The Hall–Kier alpha value is -1.74. The van der Waals surface area contributed by atoms with Crippen molar-refractivity contribution < 1.29 is 13.2 Å². The third-order valence-corrected chi connectivity index (χ3v) is 7.24. The number of hydrogen-bond donors (Lipinski definition) is 1. The van der Waals surface area contributed by atoms with E-state index in [4.69, 9.17) is 0 Å². The monoisotopic (exact) mass is 597 g/mol. The summed E-state index contributed by atoms with van der Waals surface area (Å²) in [6, 6.07) is 18.8. The van der Waals surface area contributed by atoms with Gasteiger partial charge in [0.25, 0.3) is 10.0 Å². The molecule has 0 unspecified atom stereocenters. The Morgan fingerprint density at radius 3 is 2.24 bits per heavy atom. The summed E-state index contributed by atoms with van der Waals surface area (Å²) in [4.78, 5) is 12.5. The zero-order chi connectivity index (χ0) is 21.0. The van der Waals surface area contributed by atoms with Gasteiger partial charge in [-0.1, -0.05) is 50.1 Å². The van der Waals surface area contributed by atoms with Crippen molar-refractivity contribution in [2.24, 2.45) is 0 Å². The molecule has 0 spiro atoms. The molecule has 0 saturated carbocycles. The van der Waals surface area contributed by atoms with Gasteiger partial charge in [-0.2, -0.15) is 0 Å². The second-order valence-corrected chi connectivity index (χ2v) is 10.3. The second-order valence-electron chi connectivity index (χ2n) is 6.01. The van der Waals surface area contributed by atoms with Gasteiger partial charge in [-0.3, -0.25) is 9.52 Å². The molecule has 0 aliphatic rings. The number of ketones is 1. The molecule has 3 aromatic rings. The molecule has 0 heterocycles. The van der Waals surface area contributed by atoms with E-state index in [-0.39, 0.29) is 10.7 Å². The first kappa shape index (κ1) is 22.0. The fourth-order valence-electron chi connectivity index (χ4n) is 2.47. The first-order valence-corrected chi connectivity index (χ1v) is 12.2. The highest BCUT2D eigenvalue weighted by Gasteiger charge is 2.18. The molecule has 4 nitrogen and oxygen atoms in total. The van der Waals surface area contributed by atoms with Crippen LogP contribution in [0.3, 0.4) is 0 Å².